The predicted octanol–water partition coefficient (Wildman–Crippen LogP) is 2.71. The second-order valence-corrected chi connectivity index (χ2v) is 4.24. The molecule has 3 unspecified atom stereocenters. The van der Waals surface area contributed by atoms with E-state index in [1.807, 2.05) is 0 Å². The molecule has 1 aliphatic rings. The van der Waals surface area contributed by atoms with Crippen LogP contribution in [0.25, 0.3) is 0 Å². The minimum atomic E-state index is 0.392. The highest BCUT2D eigenvalue weighted by Crippen LogP contribution is 2.30. The molecule has 0 aliphatic heterocycles. The average Bonchev–Trinajstić information content (AvgIpc) is 1.80. The Kier molecular flexibility index (Phi) is 2.72. The number of alkyl halides is 1. The third-order valence-electron chi connectivity index (χ3n) is 2.09. The first kappa shape index (κ1) is 7.74. The van der Waals surface area contributed by atoms with E-state index in [9.17, 15) is 0 Å². The highest BCUT2D eigenvalue weighted by atomic mass is 35.5. The summed E-state index contributed by atoms with van der Waals surface area (Å²) in [7, 11) is 0. The largest absolute Gasteiger partial charge is 0.176 e. The quantitative estimate of drug-likeness (QED) is 0.413. The summed E-state index contributed by atoms with van der Waals surface area (Å²) >= 11 is 10.4. The summed E-state index contributed by atoms with van der Waals surface area (Å²) in [6.45, 7) is 2.25. The number of thiol groups is 1. The Morgan fingerprint density at radius 3 is 2.56 bits per heavy atom. The summed E-state index contributed by atoms with van der Waals surface area (Å²) in [5.74, 6) is 0.767. The maximum atomic E-state index is 5.93. The van der Waals surface area contributed by atoms with Crippen LogP contribution in [0.1, 0.15) is 26.2 Å². The number of hydrogen-bond donors (Lipinski definition) is 1. The first-order valence-corrected chi connectivity index (χ1v) is 4.47. The van der Waals surface area contributed by atoms with Gasteiger partial charge in [-0.25, -0.2) is 0 Å². The summed E-state index contributed by atoms with van der Waals surface area (Å²) in [6.07, 6.45) is 3.52. The van der Waals surface area contributed by atoms with Gasteiger partial charge in [0.25, 0.3) is 0 Å². The highest BCUT2D eigenvalue weighted by molar-refractivity contribution is 7.81. The third kappa shape index (κ3) is 2.05. The summed E-state index contributed by atoms with van der Waals surface area (Å²) in [5, 5.41) is 0.935. The Hall–Kier alpha value is 0.640. The van der Waals surface area contributed by atoms with Crippen LogP contribution in [0.4, 0.5) is 0 Å². The molecule has 1 rings (SSSR count). The molecule has 0 bridgehead atoms. The van der Waals surface area contributed by atoms with E-state index in [2.05, 4.69) is 19.6 Å². The Morgan fingerprint density at radius 1 is 1.44 bits per heavy atom. The van der Waals surface area contributed by atoms with E-state index in [-0.39, 0.29) is 0 Å². The fourth-order valence-electron chi connectivity index (χ4n) is 1.25. The zero-order chi connectivity index (χ0) is 6.85. The Bertz CT molecular complexity index is 94.9. The lowest BCUT2D eigenvalue weighted by Gasteiger charge is -2.27. The van der Waals surface area contributed by atoms with Gasteiger partial charge in [0.1, 0.15) is 0 Å². The van der Waals surface area contributed by atoms with Crippen LogP contribution in [0.3, 0.4) is 0 Å². The molecule has 0 nitrogen and oxygen atoms in total. The molecular weight excluding hydrogens is 152 g/mol. The van der Waals surface area contributed by atoms with Crippen LogP contribution in [0.15, 0.2) is 0 Å². The van der Waals surface area contributed by atoms with Gasteiger partial charge in [-0.05, 0) is 25.2 Å². The van der Waals surface area contributed by atoms with E-state index in [0.29, 0.717) is 10.6 Å². The van der Waals surface area contributed by atoms with Crippen LogP contribution >= 0.6 is 24.2 Å². The molecule has 0 N–H and O–H groups in total. The van der Waals surface area contributed by atoms with Crippen LogP contribution in [0, 0.1) is 5.92 Å². The van der Waals surface area contributed by atoms with Crippen molar-refractivity contribution in [1.29, 1.82) is 0 Å². The van der Waals surface area contributed by atoms with Crippen molar-refractivity contribution in [3.05, 3.63) is 0 Å². The molecule has 9 heavy (non-hydrogen) atoms. The fraction of sp³-hybridized carbons (Fsp3) is 1.00. The van der Waals surface area contributed by atoms with Gasteiger partial charge in [0, 0.05) is 10.6 Å². The van der Waals surface area contributed by atoms with Gasteiger partial charge in [0.05, 0.1) is 0 Å². The fourth-order valence-corrected chi connectivity index (χ4v) is 2.09. The van der Waals surface area contributed by atoms with Crippen molar-refractivity contribution in [2.24, 2.45) is 5.92 Å². The van der Waals surface area contributed by atoms with E-state index >= 15 is 0 Å². The van der Waals surface area contributed by atoms with Crippen molar-refractivity contribution in [2.75, 3.05) is 0 Å². The molecular formula is C7H13ClS. The lowest BCUT2D eigenvalue weighted by molar-refractivity contribution is 0.404. The van der Waals surface area contributed by atoms with E-state index in [1.165, 1.54) is 12.8 Å². The SMILES string of the molecule is CC1CCC(Cl)CC1S. The molecule has 0 aromatic rings. The molecule has 1 saturated carbocycles. The molecule has 0 aromatic heterocycles. The summed E-state index contributed by atoms with van der Waals surface area (Å²) in [6, 6.07) is 0. The van der Waals surface area contributed by atoms with Crippen LogP contribution in [-0.2, 0) is 0 Å². The average molecular weight is 165 g/mol. The van der Waals surface area contributed by atoms with Gasteiger partial charge in [0.2, 0.25) is 0 Å². The van der Waals surface area contributed by atoms with Gasteiger partial charge in [-0.3, -0.25) is 0 Å². The molecule has 54 valence electrons. The molecule has 0 radical (unpaired) electrons. The number of rotatable bonds is 0. The number of hydrogen-bond acceptors (Lipinski definition) is 1. The molecule has 0 saturated heterocycles. The summed E-state index contributed by atoms with van der Waals surface area (Å²) in [4.78, 5) is 0. The van der Waals surface area contributed by atoms with Crippen LogP contribution in [0.2, 0.25) is 0 Å². The molecule has 0 heterocycles. The van der Waals surface area contributed by atoms with Crippen molar-refractivity contribution in [3.63, 3.8) is 0 Å². The first-order valence-electron chi connectivity index (χ1n) is 3.52. The van der Waals surface area contributed by atoms with Crippen molar-refractivity contribution in [3.8, 4) is 0 Å². The van der Waals surface area contributed by atoms with Gasteiger partial charge in [0.15, 0.2) is 0 Å². The van der Waals surface area contributed by atoms with Gasteiger partial charge < -0.3 is 0 Å². The third-order valence-corrected chi connectivity index (χ3v) is 3.21. The topological polar surface area (TPSA) is 0 Å². The summed E-state index contributed by atoms with van der Waals surface area (Å²) in [5.41, 5.74) is 0. The minimum Gasteiger partial charge on any atom is -0.176 e. The van der Waals surface area contributed by atoms with Crippen molar-refractivity contribution < 1.29 is 0 Å². The zero-order valence-corrected chi connectivity index (χ0v) is 7.33. The monoisotopic (exact) mass is 164 g/mol. The molecule has 0 spiro atoms. The predicted molar refractivity (Wildman–Crippen MR) is 45.4 cm³/mol. The van der Waals surface area contributed by atoms with Crippen molar-refractivity contribution >= 4 is 24.2 Å². The molecule has 1 aliphatic carbocycles. The smallest absolute Gasteiger partial charge is 0.0346 e. The minimum absolute atomic E-state index is 0.392. The Labute approximate surface area is 67.4 Å². The molecule has 0 aromatic carbocycles. The second kappa shape index (κ2) is 3.16. The molecule has 3 atom stereocenters. The lowest BCUT2D eigenvalue weighted by atomic mass is 9.90. The summed E-state index contributed by atoms with van der Waals surface area (Å²) < 4.78 is 0. The van der Waals surface area contributed by atoms with E-state index in [1.54, 1.807) is 0 Å². The van der Waals surface area contributed by atoms with Gasteiger partial charge in [-0.1, -0.05) is 6.92 Å². The van der Waals surface area contributed by atoms with Gasteiger partial charge >= 0.3 is 0 Å². The lowest BCUT2D eigenvalue weighted by Crippen LogP contribution is -2.23. The molecule has 1 fully saturated rings. The Balaban J connectivity index is 2.35. The zero-order valence-electron chi connectivity index (χ0n) is 5.68. The van der Waals surface area contributed by atoms with Crippen LogP contribution < -0.4 is 0 Å². The Morgan fingerprint density at radius 2 is 2.11 bits per heavy atom. The highest BCUT2D eigenvalue weighted by Gasteiger charge is 2.23. The normalized spacial score (nSPS) is 45.0. The van der Waals surface area contributed by atoms with Crippen LogP contribution in [0.5, 0.6) is 0 Å². The first-order chi connectivity index (χ1) is 4.20. The molecule has 2 heteroatoms. The van der Waals surface area contributed by atoms with Crippen LogP contribution in [-0.4, -0.2) is 10.6 Å². The van der Waals surface area contributed by atoms with Gasteiger partial charge in [-0.15, -0.1) is 11.6 Å². The van der Waals surface area contributed by atoms with Crippen molar-refractivity contribution in [1.82, 2.24) is 0 Å². The van der Waals surface area contributed by atoms with E-state index < -0.39 is 0 Å². The van der Waals surface area contributed by atoms with E-state index in [4.69, 9.17) is 11.6 Å². The maximum Gasteiger partial charge on any atom is 0.0346 e. The molecule has 0 amide bonds. The maximum absolute atomic E-state index is 5.93. The number of halogens is 1. The van der Waals surface area contributed by atoms with Crippen molar-refractivity contribution in [2.45, 2.75) is 36.8 Å². The second-order valence-electron chi connectivity index (χ2n) is 2.95. The standard InChI is InChI=1S/C7H13ClS/c1-5-2-3-6(8)4-7(5)9/h5-7,9H,2-4H2,1H3. The van der Waals surface area contributed by atoms with Gasteiger partial charge in [-0.2, -0.15) is 12.6 Å². The van der Waals surface area contributed by atoms with E-state index in [0.717, 1.165) is 12.3 Å².